The molecule has 2 aromatic rings. The Bertz CT molecular complexity index is 759. The summed E-state index contributed by atoms with van der Waals surface area (Å²) in [5, 5.41) is 5.98. The lowest BCUT2D eigenvalue weighted by atomic mass is 10.3. The van der Waals surface area contributed by atoms with Crippen LogP contribution in [0.4, 0.5) is 15.9 Å². The highest BCUT2D eigenvalue weighted by molar-refractivity contribution is 7.15. The van der Waals surface area contributed by atoms with Crippen LogP contribution in [0.3, 0.4) is 0 Å². The first-order chi connectivity index (χ1) is 12.5. The number of hydrogen-bond acceptors (Lipinski definition) is 7. The molecule has 10 heteroatoms. The summed E-state index contributed by atoms with van der Waals surface area (Å²) in [5.74, 6) is 0.378. The number of hydrogen-bond donors (Lipinski definition) is 2. The molecule has 0 saturated carbocycles. The summed E-state index contributed by atoms with van der Waals surface area (Å²) in [7, 11) is 0. The van der Waals surface area contributed by atoms with Gasteiger partial charge in [-0.15, -0.1) is 11.3 Å². The highest BCUT2D eigenvalue weighted by atomic mass is 32.1. The van der Waals surface area contributed by atoms with Gasteiger partial charge in [0.05, 0.1) is 0 Å². The number of piperazine rings is 1. The summed E-state index contributed by atoms with van der Waals surface area (Å²) in [6.07, 6.45) is 5.09. The van der Waals surface area contributed by atoms with E-state index in [0.29, 0.717) is 37.3 Å². The molecule has 0 bridgehead atoms. The SMILES string of the molecule is Cc1cnc(NC(=O)[C@@H](C)NC(=O)N2CCN(c3ncccn3)CC2)s1. The Morgan fingerprint density at radius 3 is 2.46 bits per heavy atom. The first kappa shape index (κ1) is 18.1. The molecule has 0 unspecified atom stereocenters. The van der Waals surface area contributed by atoms with Crippen molar-refractivity contribution < 1.29 is 9.59 Å². The van der Waals surface area contributed by atoms with Gasteiger partial charge in [0, 0.05) is 49.6 Å². The second-order valence-corrected chi connectivity index (χ2v) is 7.19. The molecule has 9 nitrogen and oxygen atoms in total. The van der Waals surface area contributed by atoms with Crippen molar-refractivity contribution in [3.8, 4) is 0 Å². The highest BCUT2D eigenvalue weighted by Crippen LogP contribution is 2.16. The van der Waals surface area contributed by atoms with Gasteiger partial charge in [0.2, 0.25) is 11.9 Å². The number of aryl methyl sites for hydroxylation is 1. The van der Waals surface area contributed by atoms with E-state index in [4.69, 9.17) is 0 Å². The average Bonchev–Trinajstić information content (AvgIpc) is 3.07. The molecule has 138 valence electrons. The molecule has 0 aliphatic carbocycles. The van der Waals surface area contributed by atoms with Crippen molar-refractivity contribution in [2.75, 3.05) is 36.4 Å². The summed E-state index contributed by atoms with van der Waals surface area (Å²) in [6, 6.07) is 0.867. The van der Waals surface area contributed by atoms with Crippen LogP contribution in [0.25, 0.3) is 0 Å². The molecule has 0 radical (unpaired) electrons. The fourth-order valence-corrected chi connectivity index (χ4v) is 3.20. The van der Waals surface area contributed by atoms with Crippen LogP contribution in [0.15, 0.2) is 24.7 Å². The molecular weight excluding hydrogens is 354 g/mol. The number of amides is 3. The van der Waals surface area contributed by atoms with Gasteiger partial charge in [-0.1, -0.05) is 0 Å². The standard InChI is InChI=1S/C16H21N7O2S/c1-11-10-19-15(26-11)21-13(24)12(2)20-16(25)23-8-6-22(7-9-23)14-17-4-3-5-18-14/h3-5,10,12H,6-9H2,1-2H3,(H,20,25)(H,19,21,24)/t12-/m1/s1. The smallest absolute Gasteiger partial charge is 0.318 e. The van der Waals surface area contributed by atoms with Crippen molar-refractivity contribution >= 4 is 34.4 Å². The van der Waals surface area contributed by atoms with Crippen LogP contribution >= 0.6 is 11.3 Å². The number of thiazole rings is 1. The van der Waals surface area contributed by atoms with Gasteiger partial charge in [-0.05, 0) is 19.9 Å². The van der Waals surface area contributed by atoms with Crippen molar-refractivity contribution in [1.29, 1.82) is 0 Å². The maximum Gasteiger partial charge on any atom is 0.318 e. The van der Waals surface area contributed by atoms with Gasteiger partial charge in [-0.25, -0.2) is 19.7 Å². The van der Waals surface area contributed by atoms with Crippen LogP contribution in [0.1, 0.15) is 11.8 Å². The number of nitrogens with zero attached hydrogens (tertiary/aromatic N) is 5. The number of aromatic nitrogens is 3. The summed E-state index contributed by atoms with van der Waals surface area (Å²) < 4.78 is 0. The van der Waals surface area contributed by atoms with E-state index < -0.39 is 6.04 Å². The average molecular weight is 375 g/mol. The second kappa shape index (κ2) is 8.09. The van der Waals surface area contributed by atoms with Crippen molar-refractivity contribution in [2.24, 2.45) is 0 Å². The topological polar surface area (TPSA) is 103 Å². The van der Waals surface area contributed by atoms with Crippen LogP contribution in [-0.4, -0.2) is 64.0 Å². The molecule has 1 aliphatic heterocycles. The maximum absolute atomic E-state index is 12.4. The Morgan fingerprint density at radius 2 is 1.85 bits per heavy atom. The van der Waals surface area contributed by atoms with Gasteiger partial charge in [-0.3, -0.25) is 4.79 Å². The Balaban J connectivity index is 1.47. The lowest BCUT2D eigenvalue weighted by Crippen LogP contribution is -2.55. The zero-order chi connectivity index (χ0) is 18.5. The maximum atomic E-state index is 12.4. The molecular formula is C16H21N7O2S. The number of carbonyl (C=O) groups is 2. The van der Waals surface area contributed by atoms with Crippen LogP contribution in [0, 0.1) is 6.92 Å². The number of urea groups is 1. The van der Waals surface area contributed by atoms with Crippen LogP contribution < -0.4 is 15.5 Å². The lowest BCUT2D eigenvalue weighted by Gasteiger charge is -2.35. The Morgan fingerprint density at radius 1 is 1.15 bits per heavy atom. The van der Waals surface area contributed by atoms with Gasteiger partial charge < -0.3 is 20.4 Å². The molecule has 1 aliphatic rings. The van der Waals surface area contributed by atoms with Crippen molar-refractivity contribution in [3.05, 3.63) is 29.5 Å². The largest absolute Gasteiger partial charge is 0.337 e. The van der Waals surface area contributed by atoms with E-state index in [9.17, 15) is 9.59 Å². The van der Waals surface area contributed by atoms with E-state index in [-0.39, 0.29) is 11.9 Å². The van der Waals surface area contributed by atoms with E-state index in [2.05, 4.69) is 25.6 Å². The molecule has 1 atom stereocenters. The summed E-state index contributed by atoms with van der Waals surface area (Å²) in [4.78, 5) is 41.8. The summed E-state index contributed by atoms with van der Waals surface area (Å²) in [6.45, 7) is 5.96. The molecule has 26 heavy (non-hydrogen) atoms. The van der Waals surface area contributed by atoms with E-state index in [0.717, 1.165) is 4.88 Å². The molecule has 2 aromatic heterocycles. The third-order valence-corrected chi connectivity index (χ3v) is 4.81. The predicted octanol–water partition coefficient (Wildman–Crippen LogP) is 1.10. The minimum atomic E-state index is -0.651. The number of carbonyl (C=O) groups excluding carboxylic acids is 2. The van der Waals surface area contributed by atoms with Crippen molar-refractivity contribution in [2.45, 2.75) is 19.9 Å². The first-order valence-corrected chi connectivity index (χ1v) is 9.15. The zero-order valence-electron chi connectivity index (χ0n) is 14.7. The number of rotatable bonds is 4. The molecule has 2 N–H and O–H groups in total. The van der Waals surface area contributed by atoms with Gasteiger partial charge in [-0.2, -0.15) is 0 Å². The van der Waals surface area contributed by atoms with Crippen LogP contribution in [-0.2, 0) is 4.79 Å². The highest BCUT2D eigenvalue weighted by Gasteiger charge is 2.25. The van der Waals surface area contributed by atoms with Gasteiger partial charge in [0.15, 0.2) is 5.13 Å². The minimum absolute atomic E-state index is 0.253. The summed E-state index contributed by atoms with van der Waals surface area (Å²) >= 11 is 1.40. The molecule has 3 amide bonds. The zero-order valence-corrected chi connectivity index (χ0v) is 15.5. The van der Waals surface area contributed by atoms with Crippen molar-refractivity contribution in [3.63, 3.8) is 0 Å². The van der Waals surface area contributed by atoms with Crippen molar-refractivity contribution in [1.82, 2.24) is 25.2 Å². The Labute approximate surface area is 155 Å². The molecule has 0 aromatic carbocycles. The fourth-order valence-electron chi connectivity index (χ4n) is 2.53. The predicted molar refractivity (Wildman–Crippen MR) is 99.3 cm³/mol. The van der Waals surface area contributed by atoms with Gasteiger partial charge in [0.1, 0.15) is 6.04 Å². The Hall–Kier alpha value is -2.75. The number of anilines is 2. The normalized spacial score (nSPS) is 15.5. The van der Waals surface area contributed by atoms with E-state index >= 15 is 0 Å². The molecule has 3 heterocycles. The second-order valence-electron chi connectivity index (χ2n) is 5.96. The van der Waals surface area contributed by atoms with E-state index in [1.165, 1.54) is 11.3 Å². The van der Waals surface area contributed by atoms with Gasteiger partial charge >= 0.3 is 6.03 Å². The lowest BCUT2D eigenvalue weighted by molar-refractivity contribution is -0.117. The van der Waals surface area contributed by atoms with Crippen LogP contribution in [0.5, 0.6) is 0 Å². The quantitative estimate of drug-likeness (QED) is 0.829. The van der Waals surface area contributed by atoms with E-state index in [1.54, 1.807) is 36.5 Å². The first-order valence-electron chi connectivity index (χ1n) is 8.33. The molecule has 1 saturated heterocycles. The fraction of sp³-hybridized carbons (Fsp3) is 0.438. The monoisotopic (exact) mass is 375 g/mol. The molecule has 3 rings (SSSR count). The van der Waals surface area contributed by atoms with Crippen LogP contribution in [0.2, 0.25) is 0 Å². The molecule has 0 spiro atoms. The number of nitrogens with one attached hydrogen (secondary N) is 2. The summed E-state index contributed by atoms with van der Waals surface area (Å²) in [5.41, 5.74) is 0. The minimum Gasteiger partial charge on any atom is -0.337 e. The van der Waals surface area contributed by atoms with Gasteiger partial charge in [0.25, 0.3) is 0 Å². The third-order valence-electron chi connectivity index (χ3n) is 3.99. The molecule has 1 fully saturated rings. The van der Waals surface area contributed by atoms with E-state index in [1.807, 2.05) is 11.8 Å². The Kier molecular flexibility index (Phi) is 5.61. The third kappa shape index (κ3) is 4.45.